The number of nitrogens with zero attached hydrogens (tertiary/aromatic N) is 2. The first-order valence-corrected chi connectivity index (χ1v) is 9.28. The number of imide groups is 1. The van der Waals surface area contributed by atoms with Crippen LogP contribution in [0.2, 0.25) is 0 Å². The molecular formula is C21H17F3N4O4. The molecule has 2 aromatic rings. The van der Waals surface area contributed by atoms with E-state index in [4.69, 9.17) is 5.26 Å². The zero-order chi connectivity index (χ0) is 23.5. The van der Waals surface area contributed by atoms with E-state index in [9.17, 15) is 27.6 Å². The molecule has 1 aliphatic rings. The van der Waals surface area contributed by atoms with E-state index < -0.39 is 42.0 Å². The van der Waals surface area contributed by atoms with E-state index in [1.807, 2.05) is 6.07 Å². The highest BCUT2D eigenvalue weighted by atomic mass is 19.4. The van der Waals surface area contributed by atoms with Crippen molar-refractivity contribution in [3.05, 3.63) is 65.2 Å². The van der Waals surface area contributed by atoms with E-state index >= 15 is 0 Å². The summed E-state index contributed by atoms with van der Waals surface area (Å²) in [4.78, 5) is 38.2. The van der Waals surface area contributed by atoms with E-state index in [-0.39, 0.29) is 12.1 Å². The third kappa shape index (κ3) is 4.80. The molecule has 0 radical (unpaired) electrons. The van der Waals surface area contributed by atoms with E-state index in [0.717, 1.165) is 6.07 Å². The molecule has 1 aliphatic heterocycles. The van der Waals surface area contributed by atoms with Crippen LogP contribution in [0.3, 0.4) is 0 Å². The van der Waals surface area contributed by atoms with Crippen LogP contribution in [0.4, 0.5) is 18.0 Å². The topological polar surface area (TPSA) is 112 Å². The second-order valence-electron chi connectivity index (χ2n) is 7.07. The minimum atomic E-state index is -4.89. The zero-order valence-electron chi connectivity index (χ0n) is 16.7. The number of urea groups is 1. The molecule has 2 N–H and O–H groups in total. The summed E-state index contributed by atoms with van der Waals surface area (Å²) in [5, 5.41) is 13.8. The van der Waals surface area contributed by atoms with Gasteiger partial charge in [0, 0.05) is 12.1 Å². The molecule has 1 heterocycles. The van der Waals surface area contributed by atoms with Gasteiger partial charge in [-0.3, -0.25) is 14.5 Å². The second-order valence-corrected chi connectivity index (χ2v) is 7.07. The van der Waals surface area contributed by atoms with Crippen LogP contribution in [0.25, 0.3) is 0 Å². The number of alkyl halides is 3. The lowest BCUT2D eigenvalue weighted by molar-refractivity contribution is -0.274. The molecule has 32 heavy (non-hydrogen) atoms. The summed E-state index contributed by atoms with van der Waals surface area (Å²) in [6.45, 7) is 0.539. The zero-order valence-corrected chi connectivity index (χ0v) is 16.7. The molecule has 1 unspecified atom stereocenters. The first kappa shape index (κ1) is 22.6. The maximum absolute atomic E-state index is 12.9. The van der Waals surface area contributed by atoms with Gasteiger partial charge >= 0.3 is 12.4 Å². The summed E-state index contributed by atoms with van der Waals surface area (Å²) in [5.41, 5.74) is -0.563. The molecular weight excluding hydrogens is 429 g/mol. The fourth-order valence-electron chi connectivity index (χ4n) is 3.18. The fourth-order valence-corrected chi connectivity index (χ4v) is 3.18. The molecule has 0 spiro atoms. The summed E-state index contributed by atoms with van der Waals surface area (Å²) >= 11 is 0. The van der Waals surface area contributed by atoms with Gasteiger partial charge in [0.2, 0.25) is 5.91 Å². The quantitative estimate of drug-likeness (QED) is 0.663. The molecule has 3 rings (SSSR count). The van der Waals surface area contributed by atoms with Gasteiger partial charge in [0.15, 0.2) is 0 Å². The van der Waals surface area contributed by atoms with Crippen LogP contribution in [0.1, 0.15) is 23.6 Å². The van der Waals surface area contributed by atoms with Gasteiger partial charge in [0.25, 0.3) is 5.91 Å². The van der Waals surface area contributed by atoms with Crippen molar-refractivity contribution in [3.8, 4) is 11.8 Å². The number of ether oxygens (including phenoxy) is 1. The average molecular weight is 446 g/mol. The highest BCUT2D eigenvalue weighted by molar-refractivity contribution is 6.09. The van der Waals surface area contributed by atoms with Crippen molar-refractivity contribution in [2.45, 2.75) is 25.4 Å². The predicted molar refractivity (Wildman–Crippen MR) is 104 cm³/mol. The van der Waals surface area contributed by atoms with E-state index in [0.29, 0.717) is 16.0 Å². The Kier molecular flexibility index (Phi) is 6.06. The number of hydrogen-bond acceptors (Lipinski definition) is 5. The average Bonchev–Trinajstić information content (AvgIpc) is 2.96. The summed E-state index contributed by atoms with van der Waals surface area (Å²) in [6, 6.07) is 12.5. The monoisotopic (exact) mass is 446 g/mol. The number of hydrogen-bond donors (Lipinski definition) is 2. The Labute approximate surface area is 180 Å². The van der Waals surface area contributed by atoms with Crippen molar-refractivity contribution in [1.82, 2.24) is 15.5 Å². The van der Waals surface area contributed by atoms with Crippen LogP contribution in [0, 0.1) is 11.3 Å². The molecule has 0 bridgehead atoms. The smallest absolute Gasteiger partial charge is 0.405 e. The van der Waals surface area contributed by atoms with Gasteiger partial charge in [-0.1, -0.05) is 30.3 Å². The van der Waals surface area contributed by atoms with Crippen LogP contribution in [0.15, 0.2) is 48.5 Å². The fraction of sp³-hybridized carbons (Fsp3) is 0.238. The summed E-state index contributed by atoms with van der Waals surface area (Å²) in [7, 11) is 0. The molecule has 1 saturated heterocycles. The number of nitriles is 1. The van der Waals surface area contributed by atoms with Crippen LogP contribution in [-0.2, 0) is 21.7 Å². The third-order valence-corrected chi connectivity index (χ3v) is 4.84. The number of nitrogens with one attached hydrogen (secondary N) is 2. The van der Waals surface area contributed by atoms with E-state index in [1.54, 1.807) is 0 Å². The first-order chi connectivity index (χ1) is 15.0. The number of carbonyl (C=O) groups excluding carboxylic acids is 3. The molecule has 4 amide bonds. The maximum atomic E-state index is 12.9. The Balaban J connectivity index is 1.66. The van der Waals surface area contributed by atoms with Crippen LogP contribution in [-0.4, -0.2) is 35.7 Å². The number of para-hydroxylation sites is 1. The molecule has 0 saturated carbocycles. The molecule has 1 fully saturated rings. The van der Waals surface area contributed by atoms with Gasteiger partial charge in [-0.05, 0) is 30.7 Å². The normalized spacial score (nSPS) is 18.2. The number of amides is 4. The molecule has 8 nitrogen and oxygen atoms in total. The van der Waals surface area contributed by atoms with E-state index in [2.05, 4.69) is 15.4 Å². The largest absolute Gasteiger partial charge is 0.573 e. The first-order valence-electron chi connectivity index (χ1n) is 9.28. The van der Waals surface area contributed by atoms with Crippen molar-refractivity contribution in [2.75, 3.05) is 6.54 Å². The number of rotatable bonds is 6. The lowest BCUT2D eigenvalue weighted by Gasteiger charge is -2.22. The Morgan fingerprint density at radius 2 is 1.84 bits per heavy atom. The SMILES string of the molecule is CC1(c2ccc(C#N)cc2)NC(=O)N(CC(=O)NCc2ccccc2OC(F)(F)F)C1=O. The number of carbonyl (C=O) groups is 3. The Bertz CT molecular complexity index is 1100. The van der Waals surface area contributed by atoms with Gasteiger partial charge in [-0.25, -0.2) is 4.79 Å². The van der Waals surface area contributed by atoms with E-state index in [1.165, 1.54) is 49.4 Å². The van der Waals surface area contributed by atoms with Crippen molar-refractivity contribution < 1.29 is 32.3 Å². The molecule has 11 heteroatoms. The van der Waals surface area contributed by atoms with Crippen LogP contribution >= 0.6 is 0 Å². The van der Waals surface area contributed by atoms with Crippen molar-refractivity contribution in [2.24, 2.45) is 0 Å². The number of halogens is 3. The molecule has 0 aromatic heterocycles. The lowest BCUT2D eigenvalue weighted by atomic mass is 9.91. The molecule has 1 atom stereocenters. The standard InChI is InChI=1S/C21H17F3N4O4/c1-20(15-8-6-13(10-25)7-9-15)18(30)28(19(31)27-20)12-17(29)26-11-14-4-2-3-5-16(14)32-21(22,23)24/h2-9H,11-12H2,1H3,(H,26,29)(H,27,31). The molecule has 166 valence electrons. The highest BCUT2D eigenvalue weighted by Gasteiger charge is 2.49. The summed E-state index contributed by atoms with van der Waals surface area (Å²) < 4.78 is 41.5. The van der Waals surface area contributed by atoms with Crippen LogP contribution in [0.5, 0.6) is 5.75 Å². The third-order valence-electron chi connectivity index (χ3n) is 4.84. The minimum Gasteiger partial charge on any atom is -0.405 e. The van der Waals surface area contributed by atoms with Crippen molar-refractivity contribution >= 4 is 17.8 Å². The van der Waals surface area contributed by atoms with Crippen molar-refractivity contribution in [3.63, 3.8) is 0 Å². The summed E-state index contributed by atoms with van der Waals surface area (Å²) in [5.74, 6) is -1.90. The predicted octanol–water partition coefficient (Wildman–Crippen LogP) is 2.54. The molecule has 2 aromatic carbocycles. The highest BCUT2D eigenvalue weighted by Crippen LogP contribution is 2.29. The maximum Gasteiger partial charge on any atom is 0.573 e. The Morgan fingerprint density at radius 3 is 2.47 bits per heavy atom. The van der Waals surface area contributed by atoms with Gasteiger partial charge < -0.3 is 15.4 Å². The lowest BCUT2D eigenvalue weighted by Crippen LogP contribution is -2.43. The van der Waals surface area contributed by atoms with Gasteiger partial charge in [-0.15, -0.1) is 13.2 Å². The van der Waals surface area contributed by atoms with Crippen molar-refractivity contribution in [1.29, 1.82) is 5.26 Å². The van der Waals surface area contributed by atoms with Gasteiger partial charge in [-0.2, -0.15) is 5.26 Å². The molecule has 0 aliphatic carbocycles. The van der Waals surface area contributed by atoms with Crippen LogP contribution < -0.4 is 15.4 Å². The number of benzene rings is 2. The van der Waals surface area contributed by atoms with Gasteiger partial charge in [0.1, 0.15) is 17.8 Å². The summed E-state index contributed by atoms with van der Waals surface area (Å²) in [6.07, 6.45) is -4.89. The Morgan fingerprint density at radius 1 is 1.19 bits per heavy atom. The Hall–Kier alpha value is -4.07. The second kappa shape index (κ2) is 8.58. The minimum absolute atomic E-state index is 0.0674. The van der Waals surface area contributed by atoms with Gasteiger partial charge in [0.05, 0.1) is 11.6 Å².